The molecule has 0 aliphatic carbocycles. The number of nitrogens with zero attached hydrogens (tertiary/aromatic N) is 3. The Kier molecular flexibility index (Phi) is 5.90. The molecule has 0 bridgehead atoms. The van der Waals surface area contributed by atoms with Gasteiger partial charge in [-0.2, -0.15) is 5.10 Å². The highest BCUT2D eigenvalue weighted by Crippen LogP contribution is 2.19. The Morgan fingerprint density at radius 3 is 3.12 bits per heavy atom. The average Bonchev–Trinajstić information content (AvgIpc) is 3.15. The molecule has 3 rings (SSSR count). The molecule has 1 aromatic heterocycles. The van der Waals surface area contributed by atoms with Crippen molar-refractivity contribution >= 4 is 11.7 Å². The van der Waals surface area contributed by atoms with Crippen molar-refractivity contribution in [2.24, 2.45) is 0 Å². The Morgan fingerprint density at radius 2 is 2.32 bits per heavy atom. The highest BCUT2D eigenvalue weighted by molar-refractivity contribution is 5.89. The topological polar surface area (TPSA) is 68.6 Å². The molecule has 1 saturated heterocycles. The number of carbonyl (C=O) groups excluding carboxylic acids is 1. The first-order valence-corrected chi connectivity index (χ1v) is 8.53. The number of nitrogens with one attached hydrogen (secondary N) is 1. The van der Waals surface area contributed by atoms with Crippen LogP contribution in [-0.4, -0.2) is 53.6 Å². The van der Waals surface area contributed by atoms with Gasteiger partial charge in [-0.05, 0) is 31.0 Å². The van der Waals surface area contributed by atoms with Gasteiger partial charge in [0.1, 0.15) is 12.4 Å². The lowest BCUT2D eigenvalue weighted by molar-refractivity contribution is 0.0458. The maximum absolute atomic E-state index is 12.4. The van der Waals surface area contributed by atoms with Crippen LogP contribution in [0.5, 0.6) is 5.75 Å². The summed E-state index contributed by atoms with van der Waals surface area (Å²) in [7, 11) is 1.69. The first kappa shape index (κ1) is 17.3. The largest absolute Gasteiger partial charge is 0.492 e. The minimum atomic E-state index is -0.101. The van der Waals surface area contributed by atoms with Gasteiger partial charge in [0.2, 0.25) is 0 Å². The maximum atomic E-state index is 12.4. The van der Waals surface area contributed by atoms with E-state index in [1.807, 2.05) is 41.2 Å². The van der Waals surface area contributed by atoms with Crippen LogP contribution in [-0.2, 0) is 11.3 Å². The minimum Gasteiger partial charge on any atom is -0.492 e. The fourth-order valence-electron chi connectivity index (χ4n) is 2.87. The fourth-order valence-corrected chi connectivity index (χ4v) is 2.87. The summed E-state index contributed by atoms with van der Waals surface area (Å²) >= 11 is 0. The molecule has 134 valence electrons. The van der Waals surface area contributed by atoms with Crippen molar-refractivity contribution in [3.63, 3.8) is 0 Å². The zero-order valence-corrected chi connectivity index (χ0v) is 14.4. The van der Waals surface area contributed by atoms with Crippen LogP contribution in [0.25, 0.3) is 0 Å². The molecule has 2 heterocycles. The van der Waals surface area contributed by atoms with Crippen LogP contribution in [0.4, 0.5) is 10.5 Å². The quantitative estimate of drug-likeness (QED) is 0.875. The van der Waals surface area contributed by atoms with E-state index >= 15 is 0 Å². The second kappa shape index (κ2) is 8.53. The third-order valence-corrected chi connectivity index (χ3v) is 4.23. The molecule has 25 heavy (non-hydrogen) atoms. The van der Waals surface area contributed by atoms with Crippen LogP contribution >= 0.6 is 0 Å². The number of hydrogen-bond donors (Lipinski definition) is 1. The molecule has 1 aliphatic rings. The lowest BCUT2D eigenvalue weighted by atomic mass is 10.1. The Balaban J connectivity index is 1.51. The second-order valence-electron chi connectivity index (χ2n) is 6.02. The van der Waals surface area contributed by atoms with E-state index in [9.17, 15) is 4.79 Å². The summed E-state index contributed by atoms with van der Waals surface area (Å²) in [5, 5.41) is 7.07. The normalized spacial score (nSPS) is 17.3. The number of amides is 2. The number of benzene rings is 1. The molecule has 1 N–H and O–H groups in total. The highest BCUT2D eigenvalue weighted by atomic mass is 16.5. The number of methoxy groups -OCH3 is 1. The van der Waals surface area contributed by atoms with Crippen molar-refractivity contribution in [3.05, 3.63) is 42.7 Å². The van der Waals surface area contributed by atoms with Crippen LogP contribution < -0.4 is 10.1 Å². The van der Waals surface area contributed by atoms with E-state index < -0.39 is 0 Å². The molecule has 0 saturated carbocycles. The van der Waals surface area contributed by atoms with Crippen molar-refractivity contribution in [1.82, 2.24) is 14.7 Å². The Hall–Kier alpha value is -2.54. The van der Waals surface area contributed by atoms with Gasteiger partial charge in [-0.15, -0.1) is 0 Å². The molecule has 1 atom stereocenters. The van der Waals surface area contributed by atoms with E-state index in [-0.39, 0.29) is 12.1 Å². The number of piperidine rings is 1. The van der Waals surface area contributed by atoms with Crippen LogP contribution in [0.3, 0.4) is 0 Å². The SMILES string of the molecule is CO[C@@H]1CCCN(C(=O)Nc2cccc(OCCn3cccn3)c2)C1. The van der Waals surface area contributed by atoms with E-state index in [1.165, 1.54) is 0 Å². The number of rotatable bonds is 6. The summed E-state index contributed by atoms with van der Waals surface area (Å²) in [5.74, 6) is 0.721. The van der Waals surface area contributed by atoms with Crippen LogP contribution in [0.15, 0.2) is 42.7 Å². The number of likely N-dealkylation sites (tertiary alicyclic amines) is 1. The predicted molar refractivity (Wildman–Crippen MR) is 94.8 cm³/mol. The summed E-state index contributed by atoms with van der Waals surface area (Å²) in [6.45, 7) is 2.57. The maximum Gasteiger partial charge on any atom is 0.321 e. The minimum absolute atomic E-state index is 0.101. The van der Waals surface area contributed by atoms with Crippen molar-refractivity contribution in [2.75, 3.05) is 32.1 Å². The Labute approximate surface area is 147 Å². The van der Waals surface area contributed by atoms with Crippen LogP contribution in [0.1, 0.15) is 12.8 Å². The van der Waals surface area contributed by atoms with Crippen molar-refractivity contribution in [3.8, 4) is 5.75 Å². The van der Waals surface area contributed by atoms with E-state index in [2.05, 4.69) is 10.4 Å². The Bertz CT molecular complexity index is 675. The zero-order chi connectivity index (χ0) is 17.5. The van der Waals surface area contributed by atoms with Gasteiger partial charge in [-0.3, -0.25) is 4.68 Å². The molecule has 1 aromatic carbocycles. The molecule has 1 aliphatic heterocycles. The number of hydrogen-bond acceptors (Lipinski definition) is 4. The zero-order valence-electron chi connectivity index (χ0n) is 14.4. The van der Waals surface area contributed by atoms with E-state index in [1.54, 1.807) is 18.2 Å². The number of urea groups is 1. The molecule has 7 heteroatoms. The van der Waals surface area contributed by atoms with E-state index in [0.717, 1.165) is 30.8 Å². The van der Waals surface area contributed by atoms with Gasteiger partial charge in [-0.25, -0.2) is 4.79 Å². The molecule has 0 radical (unpaired) electrons. The van der Waals surface area contributed by atoms with Gasteiger partial charge < -0.3 is 19.7 Å². The number of carbonyl (C=O) groups is 1. The van der Waals surface area contributed by atoms with Crippen LogP contribution in [0.2, 0.25) is 0 Å². The first-order chi connectivity index (χ1) is 12.2. The lowest BCUT2D eigenvalue weighted by Gasteiger charge is -2.31. The molecule has 2 aromatic rings. The molecule has 7 nitrogen and oxygen atoms in total. The average molecular weight is 344 g/mol. The summed E-state index contributed by atoms with van der Waals surface area (Å²) in [5.41, 5.74) is 0.723. The number of ether oxygens (including phenoxy) is 2. The smallest absolute Gasteiger partial charge is 0.321 e. The highest BCUT2D eigenvalue weighted by Gasteiger charge is 2.23. The van der Waals surface area contributed by atoms with Crippen molar-refractivity contribution in [1.29, 1.82) is 0 Å². The monoisotopic (exact) mass is 344 g/mol. The molecule has 1 fully saturated rings. The summed E-state index contributed by atoms with van der Waals surface area (Å²) in [4.78, 5) is 14.2. The summed E-state index contributed by atoms with van der Waals surface area (Å²) < 4.78 is 12.9. The van der Waals surface area contributed by atoms with Crippen molar-refractivity contribution in [2.45, 2.75) is 25.5 Å². The first-order valence-electron chi connectivity index (χ1n) is 8.53. The van der Waals surface area contributed by atoms with Gasteiger partial charge >= 0.3 is 6.03 Å². The fraction of sp³-hybridized carbons (Fsp3) is 0.444. The van der Waals surface area contributed by atoms with Gasteiger partial charge in [0.15, 0.2) is 0 Å². The van der Waals surface area contributed by atoms with Gasteiger partial charge in [0.05, 0.1) is 12.6 Å². The van der Waals surface area contributed by atoms with Gasteiger partial charge in [0.25, 0.3) is 0 Å². The van der Waals surface area contributed by atoms with Gasteiger partial charge in [0, 0.05) is 44.3 Å². The number of aromatic nitrogens is 2. The molecule has 0 unspecified atom stereocenters. The number of anilines is 1. The summed E-state index contributed by atoms with van der Waals surface area (Å²) in [6.07, 6.45) is 5.72. The third-order valence-electron chi connectivity index (χ3n) is 4.23. The second-order valence-corrected chi connectivity index (χ2v) is 6.02. The molecule has 2 amide bonds. The third kappa shape index (κ3) is 4.96. The van der Waals surface area contributed by atoms with Crippen LogP contribution in [0, 0.1) is 0 Å². The predicted octanol–water partition coefficient (Wildman–Crippen LogP) is 2.60. The van der Waals surface area contributed by atoms with E-state index in [0.29, 0.717) is 19.7 Å². The van der Waals surface area contributed by atoms with Gasteiger partial charge in [-0.1, -0.05) is 6.07 Å². The standard InChI is InChI=1S/C18H24N4O3/c1-24-17-7-3-9-21(14-17)18(23)20-15-5-2-6-16(13-15)25-12-11-22-10-4-8-19-22/h2,4-6,8,10,13,17H,3,7,9,11-12,14H2,1H3,(H,20,23)/t17-/m1/s1. The molecular weight excluding hydrogens is 320 g/mol. The lowest BCUT2D eigenvalue weighted by Crippen LogP contribution is -2.44. The van der Waals surface area contributed by atoms with Crippen molar-refractivity contribution < 1.29 is 14.3 Å². The molecule has 0 spiro atoms. The molecular formula is C18H24N4O3. The van der Waals surface area contributed by atoms with E-state index in [4.69, 9.17) is 9.47 Å². The Morgan fingerprint density at radius 1 is 1.40 bits per heavy atom. The summed E-state index contributed by atoms with van der Waals surface area (Å²) in [6, 6.07) is 9.21.